The summed E-state index contributed by atoms with van der Waals surface area (Å²) >= 11 is 0. The van der Waals surface area contributed by atoms with Crippen LogP contribution >= 0.6 is 0 Å². The van der Waals surface area contributed by atoms with Crippen LogP contribution in [0.5, 0.6) is 0 Å². The van der Waals surface area contributed by atoms with Crippen LogP contribution in [-0.4, -0.2) is 37.6 Å². The number of halogens is 1. The second-order valence-electron chi connectivity index (χ2n) is 7.17. The number of sulfonamides is 1. The highest BCUT2D eigenvalue weighted by atomic mass is 32.2. The van der Waals surface area contributed by atoms with Gasteiger partial charge in [-0.1, -0.05) is 6.07 Å². The van der Waals surface area contributed by atoms with E-state index in [1.165, 1.54) is 53.8 Å². The number of fused-ring (bicyclic) bond motifs is 1. The topological polar surface area (TPSA) is 95.6 Å². The fourth-order valence-corrected chi connectivity index (χ4v) is 4.42. The van der Waals surface area contributed by atoms with Gasteiger partial charge >= 0.3 is 0 Å². The fraction of sp³-hybridized carbons (Fsp3) is 0.300. The number of hydrogen-bond acceptors (Lipinski definition) is 4. The van der Waals surface area contributed by atoms with Gasteiger partial charge in [-0.05, 0) is 55.8 Å². The molecule has 0 spiro atoms. The molecule has 0 aromatic heterocycles. The maximum atomic E-state index is 13.4. The van der Waals surface area contributed by atoms with Gasteiger partial charge in [0, 0.05) is 30.9 Å². The number of carbonyl (C=O) groups is 2. The van der Waals surface area contributed by atoms with Crippen molar-refractivity contribution in [2.24, 2.45) is 0 Å². The molecule has 154 valence electrons. The summed E-state index contributed by atoms with van der Waals surface area (Å²) in [5, 5.41) is 5.26. The van der Waals surface area contributed by atoms with Crippen molar-refractivity contribution in [1.29, 1.82) is 0 Å². The molecule has 2 amide bonds. The van der Waals surface area contributed by atoms with Crippen LogP contribution in [0.15, 0.2) is 47.4 Å². The normalized spacial score (nSPS) is 16.5. The third-order valence-electron chi connectivity index (χ3n) is 4.90. The van der Waals surface area contributed by atoms with Crippen LogP contribution in [0, 0.1) is 5.82 Å². The molecule has 2 aromatic carbocycles. The van der Waals surface area contributed by atoms with Crippen molar-refractivity contribution >= 4 is 33.2 Å². The van der Waals surface area contributed by atoms with E-state index in [1.54, 1.807) is 13.8 Å². The smallest absolute Gasteiger partial charge is 0.243 e. The third kappa shape index (κ3) is 4.30. The summed E-state index contributed by atoms with van der Waals surface area (Å²) in [6.45, 7) is 3.55. The van der Waals surface area contributed by atoms with Gasteiger partial charge in [0.25, 0.3) is 0 Å². The van der Waals surface area contributed by atoms with Crippen LogP contribution in [0.1, 0.15) is 31.7 Å². The number of nitrogens with zero attached hydrogens (tertiary/aromatic N) is 1. The van der Waals surface area contributed by atoms with E-state index >= 15 is 0 Å². The number of nitrogens with one attached hydrogen (secondary N) is 2. The maximum Gasteiger partial charge on any atom is 0.243 e. The van der Waals surface area contributed by atoms with Gasteiger partial charge in [0.1, 0.15) is 5.82 Å². The molecular formula is C20H22FN3O4S. The summed E-state index contributed by atoms with van der Waals surface area (Å²) in [7, 11) is -2.12. The van der Waals surface area contributed by atoms with Crippen molar-refractivity contribution in [1.82, 2.24) is 4.31 Å². The second-order valence-corrected chi connectivity index (χ2v) is 9.16. The van der Waals surface area contributed by atoms with Gasteiger partial charge in [-0.2, -0.15) is 4.31 Å². The molecule has 0 radical (unpaired) electrons. The van der Waals surface area contributed by atoms with Crippen molar-refractivity contribution in [3.05, 3.63) is 53.8 Å². The van der Waals surface area contributed by atoms with Crippen LogP contribution in [0.2, 0.25) is 0 Å². The lowest BCUT2D eigenvalue weighted by Crippen LogP contribution is -2.33. The van der Waals surface area contributed by atoms with Crippen molar-refractivity contribution in [3.63, 3.8) is 0 Å². The van der Waals surface area contributed by atoms with Crippen LogP contribution in [-0.2, 0) is 19.6 Å². The van der Waals surface area contributed by atoms with E-state index in [-0.39, 0.29) is 29.0 Å². The zero-order valence-corrected chi connectivity index (χ0v) is 17.1. The van der Waals surface area contributed by atoms with Crippen molar-refractivity contribution in [2.45, 2.75) is 37.1 Å². The second kappa shape index (κ2) is 7.92. The Morgan fingerprint density at radius 1 is 1.21 bits per heavy atom. The molecule has 1 aliphatic rings. The minimum absolute atomic E-state index is 0.0594. The predicted molar refractivity (Wildman–Crippen MR) is 108 cm³/mol. The van der Waals surface area contributed by atoms with Gasteiger partial charge in [0.15, 0.2) is 0 Å². The molecule has 0 fully saturated rings. The number of carbonyl (C=O) groups excluding carboxylic acids is 2. The van der Waals surface area contributed by atoms with Gasteiger partial charge in [0.2, 0.25) is 21.8 Å². The Kier molecular flexibility index (Phi) is 5.72. The molecule has 29 heavy (non-hydrogen) atoms. The molecule has 0 bridgehead atoms. The number of anilines is 2. The Labute approximate surface area is 169 Å². The van der Waals surface area contributed by atoms with E-state index in [4.69, 9.17) is 0 Å². The monoisotopic (exact) mass is 419 g/mol. The molecule has 0 saturated carbocycles. The first-order valence-electron chi connectivity index (χ1n) is 9.08. The first-order chi connectivity index (χ1) is 13.6. The first-order valence-corrected chi connectivity index (χ1v) is 10.5. The summed E-state index contributed by atoms with van der Waals surface area (Å²) < 4.78 is 39.7. The van der Waals surface area contributed by atoms with Gasteiger partial charge in [-0.15, -0.1) is 0 Å². The van der Waals surface area contributed by atoms with E-state index < -0.39 is 27.7 Å². The summed E-state index contributed by atoms with van der Waals surface area (Å²) in [5.41, 5.74) is 1.21. The van der Waals surface area contributed by atoms with Crippen LogP contribution in [0.4, 0.5) is 15.8 Å². The summed E-state index contributed by atoms with van der Waals surface area (Å²) in [5.74, 6) is -2.08. The highest BCUT2D eigenvalue weighted by Crippen LogP contribution is 2.33. The van der Waals surface area contributed by atoms with Crippen molar-refractivity contribution in [2.75, 3.05) is 17.7 Å². The van der Waals surface area contributed by atoms with Gasteiger partial charge in [0.05, 0.1) is 10.8 Å². The zero-order chi connectivity index (χ0) is 21.3. The fourth-order valence-electron chi connectivity index (χ4n) is 3.05. The van der Waals surface area contributed by atoms with E-state index in [0.29, 0.717) is 11.3 Å². The third-order valence-corrected chi connectivity index (χ3v) is 6.94. The number of hydrogen-bond donors (Lipinski definition) is 2. The number of amides is 2. The Morgan fingerprint density at radius 2 is 1.86 bits per heavy atom. The van der Waals surface area contributed by atoms with E-state index in [9.17, 15) is 22.4 Å². The van der Waals surface area contributed by atoms with E-state index in [0.717, 1.165) is 0 Å². The molecule has 1 aliphatic heterocycles. The summed E-state index contributed by atoms with van der Waals surface area (Å²) in [4.78, 5) is 24.7. The average Bonchev–Trinajstić information content (AvgIpc) is 2.66. The lowest BCUT2D eigenvalue weighted by Gasteiger charge is -2.25. The lowest BCUT2D eigenvalue weighted by atomic mass is 9.89. The van der Waals surface area contributed by atoms with Gasteiger partial charge in [-0.25, -0.2) is 12.8 Å². The van der Waals surface area contributed by atoms with Gasteiger partial charge in [-0.3, -0.25) is 9.59 Å². The molecule has 1 unspecified atom stereocenters. The molecular weight excluding hydrogens is 397 g/mol. The zero-order valence-electron chi connectivity index (χ0n) is 16.3. The van der Waals surface area contributed by atoms with E-state index in [2.05, 4.69) is 10.6 Å². The number of rotatable bonds is 5. The largest absolute Gasteiger partial charge is 0.326 e. The summed E-state index contributed by atoms with van der Waals surface area (Å²) in [6.07, 6.45) is -0.0594. The quantitative estimate of drug-likeness (QED) is 0.779. The molecule has 2 N–H and O–H groups in total. The maximum absolute atomic E-state index is 13.4. The van der Waals surface area contributed by atoms with E-state index in [1.807, 2.05) is 0 Å². The molecule has 2 aromatic rings. The minimum Gasteiger partial charge on any atom is -0.326 e. The summed E-state index contributed by atoms with van der Waals surface area (Å²) in [6, 6.07) is 9.52. The highest BCUT2D eigenvalue weighted by Gasteiger charge is 2.31. The lowest BCUT2D eigenvalue weighted by molar-refractivity contribution is -0.123. The van der Waals surface area contributed by atoms with Crippen molar-refractivity contribution in [3.8, 4) is 0 Å². The number of benzene rings is 2. The highest BCUT2D eigenvalue weighted by molar-refractivity contribution is 7.89. The molecule has 1 heterocycles. The molecule has 0 saturated heterocycles. The first kappa shape index (κ1) is 20.9. The SMILES string of the molecule is CC(C)N(C)S(=O)(=O)c1ccc(NC(=O)C2CC(=O)Nc3cc(F)ccc32)cc1. The van der Waals surface area contributed by atoms with Gasteiger partial charge < -0.3 is 10.6 Å². The molecule has 1 atom stereocenters. The van der Waals surface area contributed by atoms with Crippen LogP contribution in [0.3, 0.4) is 0 Å². The Balaban J connectivity index is 1.79. The Morgan fingerprint density at radius 3 is 2.48 bits per heavy atom. The molecule has 9 heteroatoms. The Hall–Kier alpha value is -2.78. The van der Waals surface area contributed by atoms with Crippen molar-refractivity contribution < 1.29 is 22.4 Å². The Bertz CT molecular complexity index is 1050. The average molecular weight is 419 g/mol. The molecule has 7 nitrogen and oxygen atoms in total. The predicted octanol–water partition coefficient (Wildman–Crippen LogP) is 2.92. The van der Waals surface area contributed by atoms with Crippen LogP contribution in [0.25, 0.3) is 0 Å². The standard InChI is InChI=1S/C20H22FN3O4S/c1-12(2)24(3)29(27,28)15-7-5-14(6-8-15)22-20(26)17-11-19(25)23-18-10-13(21)4-9-16(17)18/h4-10,12,17H,11H2,1-3H3,(H,22,26)(H,23,25). The molecule has 3 rings (SSSR count). The minimum atomic E-state index is -3.62. The van der Waals surface area contributed by atoms with Crippen LogP contribution < -0.4 is 10.6 Å². The molecule has 0 aliphatic carbocycles.